The van der Waals surface area contributed by atoms with E-state index in [9.17, 15) is 9.59 Å². The molecule has 5 nitrogen and oxygen atoms in total. The maximum Gasteiger partial charge on any atom is 0.310 e. The number of esters is 1. The van der Waals surface area contributed by atoms with E-state index in [0.717, 1.165) is 25.7 Å². The van der Waals surface area contributed by atoms with Crippen LogP contribution in [0.5, 0.6) is 0 Å². The molecule has 1 fully saturated rings. The van der Waals surface area contributed by atoms with Gasteiger partial charge in [0.1, 0.15) is 0 Å². The SMILES string of the molecule is COC(=O)C(C)CN(C(=O)c1cccnc1)C1CCCCCCC1. The first-order valence-electron chi connectivity index (χ1n) is 8.92. The predicted molar refractivity (Wildman–Crippen MR) is 92.6 cm³/mol. The van der Waals surface area contributed by atoms with Gasteiger partial charge in [-0.25, -0.2) is 0 Å². The molecule has 132 valence electrons. The summed E-state index contributed by atoms with van der Waals surface area (Å²) in [5, 5.41) is 0. The van der Waals surface area contributed by atoms with Crippen molar-refractivity contribution in [3.63, 3.8) is 0 Å². The first-order valence-corrected chi connectivity index (χ1v) is 8.92. The van der Waals surface area contributed by atoms with E-state index in [1.807, 2.05) is 11.8 Å². The van der Waals surface area contributed by atoms with Gasteiger partial charge in [-0.2, -0.15) is 0 Å². The van der Waals surface area contributed by atoms with Crippen molar-refractivity contribution in [2.75, 3.05) is 13.7 Å². The van der Waals surface area contributed by atoms with E-state index in [2.05, 4.69) is 4.98 Å². The third-order valence-electron chi connectivity index (χ3n) is 4.76. The average molecular weight is 332 g/mol. The Morgan fingerprint density at radius 1 is 1.25 bits per heavy atom. The van der Waals surface area contributed by atoms with E-state index in [1.54, 1.807) is 24.5 Å². The minimum atomic E-state index is -0.332. The molecule has 0 aromatic carbocycles. The van der Waals surface area contributed by atoms with E-state index in [4.69, 9.17) is 4.74 Å². The van der Waals surface area contributed by atoms with Gasteiger partial charge in [-0.15, -0.1) is 0 Å². The fourth-order valence-corrected chi connectivity index (χ4v) is 3.37. The van der Waals surface area contributed by atoms with Crippen LogP contribution >= 0.6 is 0 Å². The van der Waals surface area contributed by atoms with Gasteiger partial charge >= 0.3 is 5.97 Å². The van der Waals surface area contributed by atoms with Crippen molar-refractivity contribution < 1.29 is 14.3 Å². The molecule has 1 aromatic heterocycles. The Balaban J connectivity index is 2.19. The van der Waals surface area contributed by atoms with Crippen LogP contribution in [0.3, 0.4) is 0 Å². The summed E-state index contributed by atoms with van der Waals surface area (Å²) in [6.07, 6.45) is 11.2. The normalized spacial score (nSPS) is 17.4. The number of pyridine rings is 1. The molecular formula is C19H28N2O3. The molecule has 0 N–H and O–H groups in total. The number of aromatic nitrogens is 1. The number of carbonyl (C=O) groups is 2. The Labute approximate surface area is 144 Å². The van der Waals surface area contributed by atoms with Gasteiger partial charge < -0.3 is 9.64 Å². The van der Waals surface area contributed by atoms with Crippen LogP contribution in [-0.2, 0) is 9.53 Å². The van der Waals surface area contributed by atoms with Gasteiger partial charge in [-0.3, -0.25) is 14.6 Å². The number of methoxy groups -OCH3 is 1. The van der Waals surface area contributed by atoms with Crippen molar-refractivity contribution in [3.8, 4) is 0 Å². The van der Waals surface area contributed by atoms with E-state index in [-0.39, 0.29) is 23.8 Å². The number of rotatable bonds is 5. The van der Waals surface area contributed by atoms with Crippen molar-refractivity contribution in [2.24, 2.45) is 5.92 Å². The highest BCUT2D eigenvalue weighted by atomic mass is 16.5. The third kappa shape index (κ3) is 5.05. The highest BCUT2D eigenvalue weighted by Gasteiger charge is 2.28. The fourth-order valence-electron chi connectivity index (χ4n) is 3.37. The zero-order valence-electron chi connectivity index (χ0n) is 14.7. The standard InChI is InChI=1S/C19H28N2O3/c1-15(19(23)24-2)14-21(17-10-6-4-3-5-7-11-17)18(22)16-9-8-12-20-13-16/h8-9,12-13,15,17H,3-7,10-11,14H2,1-2H3. The molecule has 1 aliphatic rings. The number of amides is 1. The molecule has 0 bridgehead atoms. The molecule has 24 heavy (non-hydrogen) atoms. The summed E-state index contributed by atoms with van der Waals surface area (Å²) in [4.78, 5) is 30.8. The molecule has 1 atom stereocenters. The minimum absolute atomic E-state index is 0.0376. The maximum absolute atomic E-state index is 13.0. The Morgan fingerprint density at radius 3 is 2.50 bits per heavy atom. The summed E-state index contributed by atoms with van der Waals surface area (Å²) in [5.41, 5.74) is 0.580. The topological polar surface area (TPSA) is 59.5 Å². The lowest BCUT2D eigenvalue weighted by atomic mass is 9.94. The van der Waals surface area contributed by atoms with Crippen molar-refractivity contribution in [3.05, 3.63) is 30.1 Å². The third-order valence-corrected chi connectivity index (χ3v) is 4.76. The Kier molecular flexibility index (Phi) is 7.22. The molecule has 1 aliphatic carbocycles. The first-order chi connectivity index (χ1) is 11.6. The predicted octanol–water partition coefficient (Wildman–Crippen LogP) is 3.45. The van der Waals surface area contributed by atoms with E-state index < -0.39 is 0 Å². The van der Waals surface area contributed by atoms with Gasteiger partial charge in [-0.05, 0) is 25.0 Å². The lowest BCUT2D eigenvalue weighted by molar-refractivity contribution is -0.145. The largest absolute Gasteiger partial charge is 0.469 e. The van der Waals surface area contributed by atoms with Crippen LogP contribution in [-0.4, -0.2) is 41.5 Å². The quantitative estimate of drug-likeness (QED) is 0.775. The highest BCUT2D eigenvalue weighted by Crippen LogP contribution is 2.24. The van der Waals surface area contributed by atoms with E-state index >= 15 is 0 Å². The number of hydrogen-bond donors (Lipinski definition) is 0. The molecule has 1 amide bonds. The number of ether oxygens (including phenoxy) is 1. The molecule has 1 heterocycles. The summed E-state index contributed by atoms with van der Waals surface area (Å²) >= 11 is 0. The molecule has 0 aliphatic heterocycles. The van der Waals surface area contributed by atoms with Gasteiger partial charge in [0.2, 0.25) is 0 Å². The number of carbonyl (C=O) groups excluding carboxylic acids is 2. The molecular weight excluding hydrogens is 304 g/mol. The lowest BCUT2D eigenvalue weighted by Crippen LogP contribution is -2.44. The Hall–Kier alpha value is -1.91. The molecule has 1 saturated carbocycles. The molecule has 0 saturated heterocycles. The zero-order valence-corrected chi connectivity index (χ0v) is 14.7. The molecule has 0 radical (unpaired) electrons. The minimum Gasteiger partial charge on any atom is -0.469 e. The van der Waals surface area contributed by atoms with Crippen LogP contribution in [0.4, 0.5) is 0 Å². The van der Waals surface area contributed by atoms with Crippen LogP contribution in [0.25, 0.3) is 0 Å². The molecule has 1 aromatic rings. The summed E-state index contributed by atoms with van der Waals surface area (Å²) < 4.78 is 4.84. The van der Waals surface area contributed by atoms with Gasteiger partial charge in [0.05, 0.1) is 18.6 Å². The molecule has 0 spiro atoms. The smallest absolute Gasteiger partial charge is 0.310 e. The average Bonchev–Trinajstić information content (AvgIpc) is 2.59. The number of nitrogens with zero attached hydrogens (tertiary/aromatic N) is 2. The van der Waals surface area contributed by atoms with Gasteiger partial charge in [0.15, 0.2) is 0 Å². The van der Waals surface area contributed by atoms with Crippen molar-refractivity contribution in [2.45, 2.75) is 57.9 Å². The van der Waals surface area contributed by atoms with Gasteiger partial charge in [-0.1, -0.05) is 39.0 Å². The second-order valence-corrected chi connectivity index (χ2v) is 6.62. The van der Waals surface area contributed by atoms with Crippen LogP contribution in [0.2, 0.25) is 0 Å². The fraction of sp³-hybridized carbons (Fsp3) is 0.632. The zero-order chi connectivity index (χ0) is 17.4. The Bertz CT molecular complexity index is 525. The summed E-state index contributed by atoms with van der Waals surface area (Å²) in [5.74, 6) is -0.643. The monoisotopic (exact) mass is 332 g/mol. The Morgan fingerprint density at radius 2 is 1.92 bits per heavy atom. The van der Waals surface area contributed by atoms with Crippen LogP contribution in [0.15, 0.2) is 24.5 Å². The maximum atomic E-state index is 13.0. The second-order valence-electron chi connectivity index (χ2n) is 6.62. The van der Waals surface area contributed by atoms with Gasteiger partial charge in [0, 0.05) is 25.0 Å². The van der Waals surface area contributed by atoms with Crippen LogP contribution in [0.1, 0.15) is 62.2 Å². The summed E-state index contributed by atoms with van der Waals surface area (Å²) in [6.45, 7) is 2.21. The molecule has 5 heteroatoms. The number of hydrogen-bond acceptors (Lipinski definition) is 4. The summed E-state index contributed by atoms with van der Waals surface area (Å²) in [7, 11) is 1.39. The van der Waals surface area contributed by atoms with Crippen LogP contribution in [0, 0.1) is 5.92 Å². The van der Waals surface area contributed by atoms with Gasteiger partial charge in [0.25, 0.3) is 5.91 Å². The first kappa shape index (κ1) is 18.4. The van der Waals surface area contributed by atoms with Crippen molar-refractivity contribution in [1.82, 2.24) is 9.88 Å². The van der Waals surface area contributed by atoms with Crippen molar-refractivity contribution >= 4 is 11.9 Å². The highest BCUT2D eigenvalue weighted by molar-refractivity contribution is 5.94. The second kappa shape index (κ2) is 9.40. The van der Waals surface area contributed by atoms with E-state index in [1.165, 1.54) is 26.4 Å². The van der Waals surface area contributed by atoms with Crippen molar-refractivity contribution in [1.29, 1.82) is 0 Å². The van der Waals surface area contributed by atoms with E-state index in [0.29, 0.717) is 12.1 Å². The van der Waals surface area contributed by atoms with Crippen LogP contribution < -0.4 is 0 Å². The lowest BCUT2D eigenvalue weighted by Gasteiger charge is -2.34. The molecule has 1 unspecified atom stereocenters. The summed E-state index contributed by atoms with van der Waals surface area (Å²) in [6, 6.07) is 3.74. The molecule has 2 rings (SSSR count).